The standard InChI is InChI=1S/C24H28F3N5O5/c1-4-17-12-29-32(14-20(33)34)23(17)36-10-9-31-13-19(22(30-31)37-15(2)3)21(35)28-11-16-5-7-18(8-6-16)24(25,26)27/h5-8,12-13,15H,4,9-11,14H2,1-3H3,(H,28,35)(H,33,34). The zero-order valence-electron chi connectivity index (χ0n) is 20.6. The second-order valence-corrected chi connectivity index (χ2v) is 8.38. The summed E-state index contributed by atoms with van der Waals surface area (Å²) in [6.07, 6.45) is -1.06. The predicted molar refractivity (Wildman–Crippen MR) is 125 cm³/mol. The fourth-order valence-corrected chi connectivity index (χ4v) is 3.37. The molecule has 3 rings (SSSR count). The normalized spacial score (nSPS) is 11.5. The lowest BCUT2D eigenvalue weighted by Crippen LogP contribution is -2.23. The van der Waals surface area contributed by atoms with Crippen LogP contribution in [0.15, 0.2) is 36.7 Å². The number of benzene rings is 1. The Morgan fingerprint density at radius 1 is 1.19 bits per heavy atom. The summed E-state index contributed by atoms with van der Waals surface area (Å²) >= 11 is 0. The first-order valence-corrected chi connectivity index (χ1v) is 11.6. The fraction of sp³-hybridized carbons (Fsp3) is 0.417. The van der Waals surface area contributed by atoms with Crippen LogP contribution in [0.25, 0.3) is 0 Å². The fourth-order valence-electron chi connectivity index (χ4n) is 3.37. The van der Waals surface area contributed by atoms with Crippen molar-refractivity contribution in [2.75, 3.05) is 6.61 Å². The molecule has 2 N–H and O–H groups in total. The zero-order chi connectivity index (χ0) is 27.2. The number of halogens is 3. The molecule has 0 aliphatic rings. The van der Waals surface area contributed by atoms with Crippen molar-refractivity contribution in [1.82, 2.24) is 24.9 Å². The number of aryl methyl sites for hydroxylation is 1. The molecule has 2 aromatic heterocycles. The average Bonchev–Trinajstić information content (AvgIpc) is 3.40. The van der Waals surface area contributed by atoms with Crippen molar-refractivity contribution in [1.29, 1.82) is 0 Å². The summed E-state index contributed by atoms with van der Waals surface area (Å²) in [5.74, 6) is -1.10. The molecule has 0 saturated carbocycles. The van der Waals surface area contributed by atoms with Gasteiger partial charge < -0.3 is 19.9 Å². The van der Waals surface area contributed by atoms with Crippen LogP contribution in [-0.2, 0) is 37.0 Å². The van der Waals surface area contributed by atoms with E-state index in [9.17, 15) is 22.8 Å². The molecule has 10 nitrogen and oxygen atoms in total. The molecule has 0 bridgehead atoms. The summed E-state index contributed by atoms with van der Waals surface area (Å²) in [6.45, 7) is 5.47. The summed E-state index contributed by atoms with van der Waals surface area (Å²) in [5.41, 5.74) is 0.647. The van der Waals surface area contributed by atoms with Gasteiger partial charge in [0.1, 0.15) is 18.7 Å². The number of hydrogen-bond acceptors (Lipinski definition) is 6. The van der Waals surface area contributed by atoms with Crippen LogP contribution >= 0.6 is 0 Å². The second-order valence-electron chi connectivity index (χ2n) is 8.38. The third-order valence-electron chi connectivity index (χ3n) is 5.14. The number of aliphatic carboxylic acids is 1. The SMILES string of the molecule is CCc1cnn(CC(=O)O)c1OCCn1cc(C(=O)NCc2ccc(C(F)(F)F)cc2)c(OC(C)C)n1. The van der Waals surface area contributed by atoms with Crippen molar-refractivity contribution in [3.05, 3.63) is 58.9 Å². The van der Waals surface area contributed by atoms with Gasteiger partial charge in [0.15, 0.2) is 0 Å². The molecule has 0 fully saturated rings. The average molecular weight is 524 g/mol. The van der Waals surface area contributed by atoms with Gasteiger partial charge in [-0.25, -0.2) is 4.68 Å². The molecule has 13 heteroatoms. The van der Waals surface area contributed by atoms with Gasteiger partial charge in [-0.1, -0.05) is 19.1 Å². The smallest absolute Gasteiger partial charge is 0.416 e. The summed E-state index contributed by atoms with van der Waals surface area (Å²) in [4.78, 5) is 23.9. The molecule has 0 spiro atoms. The molecule has 0 aliphatic heterocycles. The number of alkyl halides is 3. The number of amides is 1. The minimum Gasteiger partial charge on any atom is -0.480 e. The molecule has 1 amide bonds. The van der Waals surface area contributed by atoms with Crippen LogP contribution in [0.1, 0.15) is 47.8 Å². The second kappa shape index (κ2) is 11.8. The highest BCUT2D eigenvalue weighted by Gasteiger charge is 2.30. The van der Waals surface area contributed by atoms with Crippen LogP contribution in [0.5, 0.6) is 11.8 Å². The number of ether oxygens (including phenoxy) is 2. The van der Waals surface area contributed by atoms with Gasteiger partial charge in [-0.15, -0.1) is 5.10 Å². The minimum atomic E-state index is -4.43. The Bertz CT molecular complexity index is 1220. The number of rotatable bonds is 12. The number of carboxylic acids is 1. The lowest BCUT2D eigenvalue weighted by atomic mass is 10.1. The van der Waals surface area contributed by atoms with E-state index in [2.05, 4.69) is 15.5 Å². The third-order valence-corrected chi connectivity index (χ3v) is 5.14. The monoisotopic (exact) mass is 523 g/mol. The van der Waals surface area contributed by atoms with Crippen molar-refractivity contribution in [3.63, 3.8) is 0 Å². The molecular formula is C24H28F3N5O5. The van der Waals surface area contributed by atoms with Crippen molar-refractivity contribution in [2.24, 2.45) is 0 Å². The van der Waals surface area contributed by atoms with E-state index in [4.69, 9.17) is 14.6 Å². The molecule has 200 valence electrons. The Morgan fingerprint density at radius 2 is 1.89 bits per heavy atom. The summed E-state index contributed by atoms with van der Waals surface area (Å²) in [5, 5.41) is 20.1. The van der Waals surface area contributed by atoms with Gasteiger partial charge in [-0.05, 0) is 38.0 Å². The number of nitrogens with zero attached hydrogens (tertiary/aromatic N) is 4. The van der Waals surface area contributed by atoms with E-state index in [0.29, 0.717) is 17.9 Å². The van der Waals surface area contributed by atoms with E-state index in [1.165, 1.54) is 27.7 Å². The number of carbonyl (C=O) groups excluding carboxylic acids is 1. The van der Waals surface area contributed by atoms with Crippen molar-refractivity contribution < 1.29 is 37.3 Å². The number of aromatic nitrogens is 4. The summed E-state index contributed by atoms with van der Waals surface area (Å²) < 4.78 is 52.4. The van der Waals surface area contributed by atoms with Gasteiger partial charge in [-0.2, -0.15) is 18.3 Å². The zero-order valence-corrected chi connectivity index (χ0v) is 20.6. The summed E-state index contributed by atoms with van der Waals surface area (Å²) in [6, 6.07) is 4.52. The highest BCUT2D eigenvalue weighted by molar-refractivity contribution is 5.96. The third kappa shape index (κ3) is 7.48. The first-order chi connectivity index (χ1) is 17.5. The van der Waals surface area contributed by atoms with Gasteiger partial charge >= 0.3 is 12.1 Å². The Kier molecular flexibility index (Phi) is 8.79. The van der Waals surface area contributed by atoms with Crippen molar-refractivity contribution >= 4 is 11.9 Å². The minimum absolute atomic E-state index is 0.0136. The lowest BCUT2D eigenvalue weighted by molar-refractivity contribution is -0.138. The lowest BCUT2D eigenvalue weighted by Gasteiger charge is -2.10. The Hall–Kier alpha value is -4.03. The topological polar surface area (TPSA) is 120 Å². The van der Waals surface area contributed by atoms with Crippen molar-refractivity contribution in [3.8, 4) is 11.8 Å². The maximum atomic E-state index is 12.8. The van der Waals surface area contributed by atoms with Gasteiger partial charge in [0.2, 0.25) is 11.8 Å². The predicted octanol–water partition coefficient (Wildman–Crippen LogP) is 3.54. The Morgan fingerprint density at radius 3 is 2.49 bits per heavy atom. The first kappa shape index (κ1) is 27.6. The molecule has 1 aromatic carbocycles. The molecule has 0 radical (unpaired) electrons. The Balaban J connectivity index is 1.67. The van der Waals surface area contributed by atoms with E-state index >= 15 is 0 Å². The van der Waals surface area contributed by atoms with E-state index in [1.54, 1.807) is 20.0 Å². The van der Waals surface area contributed by atoms with E-state index in [0.717, 1.165) is 17.7 Å². The van der Waals surface area contributed by atoms with Crippen LogP contribution in [-0.4, -0.2) is 49.3 Å². The maximum absolute atomic E-state index is 12.8. The number of carbonyl (C=O) groups is 2. The van der Waals surface area contributed by atoms with Crippen LogP contribution in [0.4, 0.5) is 13.2 Å². The van der Waals surface area contributed by atoms with Crippen LogP contribution < -0.4 is 14.8 Å². The van der Waals surface area contributed by atoms with Gasteiger partial charge in [-0.3, -0.25) is 14.3 Å². The van der Waals surface area contributed by atoms with Gasteiger partial charge in [0.25, 0.3) is 5.91 Å². The molecular weight excluding hydrogens is 495 g/mol. The van der Waals surface area contributed by atoms with E-state index < -0.39 is 23.6 Å². The van der Waals surface area contributed by atoms with Gasteiger partial charge in [0, 0.05) is 18.3 Å². The van der Waals surface area contributed by atoms with Crippen LogP contribution in [0, 0.1) is 0 Å². The first-order valence-electron chi connectivity index (χ1n) is 11.6. The molecule has 0 unspecified atom stereocenters. The Labute approximate surface area is 211 Å². The molecule has 37 heavy (non-hydrogen) atoms. The van der Waals surface area contributed by atoms with Gasteiger partial charge in [0.05, 0.1) is 24.4 Å². The molecule has 3 aromatic rings. The van der Waals surface area contributed by atoms with Crippen LogP contribution in [0.3, 0.4) is 0 Å². The van der Waals surface area contributed by atoms with Crippen LogP contribution in [0.2, 0.25) is 0 Å². The van der Waals surface area contributed by atoms with E-state index in [1.807, 2.05) is 6.92 Å². The molecule has 2 heterocycles. The quantitative estimate of drug-likeness (QED) is 0.373. The maximum Gasteiger partial charge on any atom is 0.416 e. The van der Waals surface area contributed by atoms with E-state index in [-0.39, 0.29) is 43.8 Å². The summed E-state index contributed by atoms with van der Waals surface area (Å²) in [7, 11) is 0. The van der Waals surface area contributed by atoms with Crippen molar-refractivity contribution in [2.45, 2.75) is 59.1 Å². The molecule has 0 aliphatic carbocycles. The number of hydrogen-bond donors (Lipinski definition) is 2. The highest BCUT2D eigenvalue weighted by atomic mass is 19.4. The largest absolute Gasteiger partial charge is 0.480 e. The molecule has 0 saturated heterocycles. The highest BCUT2D eigenvalue weighted by Crippen LogP contribution is 2.29. The number of nitrogens with one attached hydrogen (secondary N) is 1. The molecule has 0 atom stereocenters. The number of carboxylic acid groups (broad SMARTS) is 1.